The first-order valence-corrected chi connectivity index (χ1v) is 6.72. The number of piperidine rings is 1. The minimum Gasteiger partial charge on any atom is -0.396 e. The number of hydrogen-bond acceptors (Lipinski definition) is 6. The summed E-state index contributed by atoms with van der Waals surface area (Å²) in [4.78, 5) is 10.5. The molecule has 1 fully saturated rings. The lowest BCUT2D eigenvalue weighted by Gasteiger charge is -2.35. The molecular formula is C13H22N4O2. The number of aromatic nitrogens is 2. The third-order valence-corrected chi connectivity index (χ3v) is 3.37. The minimum absolute atomic E-state index is 0.0219. The van der Waals surface area contributed by atoms with Crippen molar-refractivity contribution in [1.82, 2.24) is 9.97 Å². The molecule has 0 saturated carbocycles. The zero-order valence-corrected chi connectivity index (χ0v) is 11.5. The van der Waals surface area contributed by atoms with Crippen molar-refractivity contribution >= 4 is 11.6 Å². The quantitative estimate of drug-likeness (QED) is 0.735. The van der Waals surface area contributed by atoms with Crippen LogP contribution in [0.5, 0.6) is 0 Å². The van der Waals surface area contributed by atoms with Crippen molar-refractivity contribution in [3.63, 3.8) is 0 Å². The molecule has 0 radical (unpaired) electrons. The lowest BCUT2D eigenvalue weighted by Crippen LogP contribution is -2.45. The highest BCUT2D eigenvalue weighted by atomic mass is 16.3. The van der Waals surface area contributed by atoms with Gasteiger partial charge in [-0.05, 0) is 20.3 Å². The van der Waals surface area contributed by atoms with E-state index in [-0.39, 0.29) is 12.5 Å². The Morgan fingerprint density at radius 3 is 2.89 bits per heavy atom. The van der Waals surface area contributed by atoms with E-state index >= 15 is 0 Å². The van der Waals surface area contributed by atoms with Crippen LogP contribution in [0.25, 0.3) is 0 Å². The lowest BCUT2D eigenvalue weighted by atomic mass is 9.95. The van der Waals surface area contributed by atoms with E-state index in [0.29, 0.717) is 12.6 Å². The summed E-state index contributed by atoms with van der Waals surface area (Å²) < 4.78 is 0. The first kappa shape index (κ1) is 14.0. The highest BCUT2D eigenvalue weighted by molar-refractivity contribution is 5.49. The van der Waals surface area contributed by atoms with Crippen LogP contribution < -0.4 is 10.2 Å². The van der Waals surface area contributed by atoms with Crippen molar-refractivity contribution in [2.75, 3.05) is 29.9 Å². The Hall–Kier alpha value is -1.40. The van der Waals surface area contributed by atoms with Crippen LogP contribution in [0.3, 0.4) is 0 Å². The van der Waals surface area contributed by atoms with Gasteiger partial charge < -0.3 is 20.4 Å². The van der Waals surface area contributed by atoms with Gasteiger partial charge in [-0.1, -0.05) is 0 Å². The van der Waals surface area contributed by atoms with E-state index < -0.39 is 6.10 Å². The Labute approximate surface area is 113 Å². The molecule has 0 aromatic carbocycles. The topological polar surface area (TPSA) is 81.5 Å². The molecule has 0 spiro atoms. The van der Waals surface area contributed by atoms with Gasteiger partial charge in [-0.3, -0.25) is 0 Å². The normalized spacial score (nSPS) is 23.7. The Bertz CT molecular complexity index is 413. The fourth-order valence-electron chi connectivity index (χ4n) is 2.30. The lowest BCUT2D eigenvalue weighted by molar-refractivity contribution is 0.0546. The summed E-state index contributed by atoms with van der Waals surface area (Å²) in [6.07, 6.45) is 1.80. The van der Waals surface area contributed by atoms with E-state index in [1.807, 2.05) is 11.0 Å². The zero-order valence-electron chi connectivity index (χ0n) is 11.5. The molecule has 3 N–H and O–H groups in total. The predicted octanol–water partition coefficient (Wildman–Crippen LogP) is 0.476. The smallest absolute Gasteiger partial charge is 0.134 e. The van der Waals surface area contributed by atoms with E-state index in [0.717, 1.165) is 24.6 Å². The molecule has 6 heteroatoms. The van der Waals surface area contributed by atoms with E-state index in [4.69, 9.17) is 5.11 Å². The maximum absolute atomic E-state index is 9.95. The summed E-state index contributed by atoms with van der Waals surface area (Å²) in [6, 6.07) is 2.21. The van der Waals surface area contributed by atoms with Gasteiger partial charge in [0.05, 0.1) is 6.10 Å². The minimum atomic E-state index is -0.504. The SMILES string of the molecule is CC(C)Nc1cc(N2CC[C@H](CO)[C@H](O)C2)ncn1. The van der Waals surface area contributed by atoms with Crippen LogP contribution in [-0.2, 0) is 0 Å². The summed E-state index contributed by atoms with van der Waals surface area (Å²) in [5, 5.41) is 22.3. The number of rotatable bonds is 4. The van der Waals surface area contributed by atoms with E-state index in [9.17, 15) is 5.11 Å². The zero-order chi connectivity index (χ0) is 13.8. The second kappa shape index (κ2) is 6.16. The molecule has 2 rings (SSSR count). The predicted molar refractivity (Wildman–Crippen MR) is 74.2 cm³/mol. The molecule has 0 aliphatic carbocycles. The number of anilines is 2. The van der Waals surface area contributed by atoms with E-state index in [2.05, 4.69) is 29.1 Å². The third kappa shape index (κ3) is 3.54. The van der Waals surface area contributed by atoms with Gasteiger partial charge in [-0.25, -0.2) is 9.97 Å². The average Bonchev–Trinajstić information content (AvgIpc) is 2.38. The van der Waals surface area contributed by atoms with Crippen molar-refractivity contribution in [3.05, 3.63) is 12.4 Å². The molecule has 0 amide bonds. The number of nitrogens with one attached hydrogen (secondary N) is 1. The molecule has 2 atom stereocenters. The van der Waals surface area contributed by atoms with Crippen molar-refractivity contribution in [3.8, 4) is 0 Å². The van der Waals surface area contributed by atoms with Gasteiger partial charge >= 0.3 is 0 Å². The Kier molecular flexibility index (Phi) is 4.55. The van der Waals surface area contributed by atoms with Crippen LogP contribution in [-0.4, -0.2) is 52.0 Å². The number of nitrogens with zero attached hydrogens (tertiary/aromatic N) is 3. The van der Waals surface area contributed by atoms with Crippen molar-refractivity contribution < 1.29 is 10.2 Å². The molecule has 0 bridgehead atoms. The third-order valence-electron chi connectivity index (χ3n) is 3.37. The average molecular weight is 266 g/mol. The van der Waals surface area contributed by atoms with Crippen LogP contribution >= 0.6 is 0 Å². The van der Waals surface area contributed by atoms with Gasteiger partial charge in [0.1, 0.15) is 18.0 Å². The van der Waals surface area contributed by atoms with Gasteiger partial charge in [0.15, 0.2) is 0 Å². The van der Waals surface area contributed by atoms with Crippen LogP contribution in [0.4, 0.5) is 11.6 Å². The first-order valence-electron chi connectivity index (χ1n) is 6.72. The standard InChI is InChI=1S/C13H22N4O2/c1-9(2)16-12-5-13(15-8-14-12)17-4-3-10(7-18)11(19)6-17/h5,8-11,18-19H,3-4,6-7H2,1-2H3,(H,14,15,16)/t10-,11-/m1/s1. The number of β-amino-alcohol motifs (C(OH)–C–C–N with tert-alkyl or cyclic N) is 1. The molecule has 1 aliphatic heterocycles. The van der Waals surface area contributed by atoms with Crippen molar-refractivity contribution in [1.29, 1.82) is 0 Å². The highest BCUT2D eigenvalue weighted by Gasteiger charge is 2.27. The summed E-state index contributed by atoms with van der Waals surface area (Å²) in [5.41, 5.74) is 0. The molecule has 106 valence electrons. The van der Waals surface area contributed by atoms with Crippen LogP contribution in [0.15, 0.2) is 12.4 Å². The van der Waals surface area contributed by atoms with Gasteiger partial charge in [-0.2, -0.15) is 0 Å². The Morgan fingerprint density at radius 2 is 2.26 bits per heavy atom. The van der Waals surface area contributed by atoms with Crippen LogP contribution in [0, 0.1) is 5.92 Å². The Morgan fingerprint density at radius 1 is 1.47 bits per heavy atom. The van der Waals surface area contributed by atoms with Gasteiger partial charge in [0, 0.05) is 37.7 Å². The Balaban J connectivity index is 2.06. The number of hydrogen-bond donors (Lipinski definition) is 3. The summed E-state index contributed by atoms with van der Waals surface area (Å²) in [5.74, 6) is 1.58. The fraction of sp³-hybridized carbons (Fsp3) is 0.692. The largest absolute Gasteiger partial charge is 0.396 e. The molecule has 0 unspecified atom stereocenters. The molecule has 6 nitrogen and oxygen atoms in total. The van der Waals surface area contributed by atoms with Crippen molar-refractivity contribution in [2.45, 2.75) is 32.4 Å². The number of aliphatic hydroxyl groups excluding tert-OH is 2. The summed E-state index contributed by atoms with van der Waals surface area (Å²) >= 11 is 0. The fourth-order valence-corrected chi connectivity index (χ4v) is 2.30. The maximum atomic E-state index is 9.95. The van der Waals surface area contributed by atoms with Crippen LogP contribution in [0.1, 0.15) is 20.3 Å². The second-order valence-electron chi connectivity index (χ2n) is 5.31. The van der Waals surface area contributed by atoms with Gasteiger partial charge in [0.25, 0.3) is 0 Å². The molecule has 19 heavy (non-hydrogen) atoms. The molecular weight excluding hydrogens is 244 g/mol. The molecule has 1 aromatic rings. The molecule has 2 heterocycles. The molecule has 1 aliphatic rings. The first-order chi connectivity index (χ1) is 9.10. The second-order valence-corrected chi connectivity index (χ2v) is 5.31. The summed E-state index contributed by atoms with van der Waals surface area (Å²) in [7, 11) is 0. The van der Waals surface area contributed by atoms with E-state index in [1.165, 1.54) is 6.33 Å². The highest BCUT2D eigenvalue weighted by Crippen LogP contribution is 2.23. The van der Waals surface area contributed by atoms with E-state index in [1.54, 1.807) is 0 Å². The monoisotopic (exact) mass is 266 g/mol. The maximum Gasteiger partial charge on any atom is 0.134 e. The molecule has 1 aromatic heterocycles. The molecule has 1 saturated heterocycles. The van der Waals surface area contributed by atoms with Crippen molar-refractivity contribution in [2.24, 2.45) is 5.92 Å². The summed E-state index contributed by atoms with van der Waals surface area (Å²) in [6.45, 7) is 5.44. The number of aliphatic hydroxyl groups is 2. The van der Waals surface area contributed by atoms with Crippen LogP contribution in [0.2, 0.25) is 0 Å². The van der Waals surface area contributed by atoms with Gasteiger partial charge in [-0.15, -0.1) is 0 Å². The van der Waals surface area contributed by atoms with Gasteiger partial charge in [0.2, 0.25) is 0 Å².